The third kappa shape index (κ3) is 4.68. The van der Waals surface area contributed by atoms with E-state index in [1.807, 2.05) is 48.5 Å². The average molecular weight is 539 g/mol. The van der Waals surface area contributed by atoms with Crippen LogP contribution in [0, 0.1) is 0 Å². The number of anilines is 3. The number of nitrogens with one attached hydrogen (secondary N) is 1. The molecular formula is C25H18N2O6S3. The summed E-state index contributed by atoms with van der Waals surface area (Å²) in [5, 5.41) is 11.8. The number of hydrogen-bond acceptors (Lipinski definition) is 8. The van der Waals surface area contributed by atoms with E-state index in [-0.39, 0.29) is 15.5 Å². The Kier molecular flexibility index (Phi) is 6.44. The Morgan fingerprint density at radius 1 is 0.917 bits per heavy atom. The number of carbonyl (C=O) groups excluding carboxylic acids is 2. The van der Waals surface area contributed by atoms with Crippen molar-refractivity contribution in [3.63, 3.8) is 0 Å². The average Bonchev–Trinajstić information content (AvgIpc) is 3.43. The molecule has 1 aliphatic heterocycles. The normalized spacial score (nSPS) is 12.4. The van der Waals surface area contributed by atoms with Crippen LogP contribution in [0.5, 0.6) is 5.75 Å². The van der Waals surface area contributed by atoms with Gasteiger partial charge in [-0.1, -0.05) is 42.1 Å². The van der Waals surface area contributed by atoms with Crippen molar-refractivity contribution in [2.45, 2.75) is 14.0 Å². The molecule has 4 aromatic rings. The lowest BCUT2D eigenvalue weighted by molar-refractivity contribution is -0.121. The molecule has 8 nitrogen and oxygen atoms in total. The number of esters is 1. The van der Waals surface area contributed by atoms with Gasteiger partial charge in [-0.25, -0.2) is 13.2 Å². The molecule has 1 aromatic heterocycles. The maximum absolute atomic E-state index is 13.2. The van der Waals surface area contributed by atoms with Crippen LogP contribution in [0.4, 0.5) is 17.1 Å². The van der Waals surface area contributed by atoms with Crippen LogP contribution in [0.25, 0.3) is 0 Å². The molecule has 0 unspecified atom stereocenters. The smallest absolute Gasteiger partial charge is 0.342 e. The van der Waals surface area contributed by atoms with Gasteiger partial charge in [-0.3, -0.25) is 14.4 Å². The SMILES string of the molecule is O=C(OCC(=O)N1c2ccccc2Sc2ccccc21)c1cc(NS(=O)(=O)c2cccs2)ccc1O. The van der Waals surface area contributed by atoms with E-state index < -0.39 is 34.3 Å². The molecule has 1 amide bonds. The molecule has 0 radical (unpaired) electrons. The molecule has 2 N–H and O–H groups in total. The number of phenols is 1. The van der Waals surface area contributed by atoms with Gasteiger partial charge in [0.1, 0.15) is 15.5 Å². The van der Waals surface area contributed by atoms with Gasteiger partial charge >= 0.3 is 5.97 Å². The summed E-state index contributed by atoms with van der Waals surface area (Å²) in [6.45, 7) is -0.587. The number of ether oxygens (including phenoxy) is 1. The van der Waals surface area contributed by atoms with Gasteiger partial charge in [-0.2, -0.15) is 0 Å². The summed E-state index contributed by atoms with van der Waals surface area (Å²) in [6, 6.07) is 21.6. The minimum atomic E-state index is -3.85. The van der Waals surface area contributed by atoms with Crippen molar-refractivity contribution in [3.8, 4) is 5.75 Å². The summed E-state index contributed by atoms with van der Waals surface area (Å²) in [5.74, 6) is -1.85. The van der Waals surface area contributed by atoms with Crippen molar-refractivity contribution in [2.24, 2.45) is 0 Å². The number of thiophene rings is 1. The number of carbonyl (C=O) groups is 2. The van der Waals surface area contributed by atoms with E-state index in [0.717, 1.165) is 27.2 Å². The Morgan fingerprint density at radius 2 is 1.58 bits per heavy atom. The predicted octanol–water partition coefficient (Wildman–Crippen LogP) is 5.24. The zero-order valence-corrected chi connectivity index (χ0v) is 20.9. The van der Waals surface area contributed by atoms with E-state index in [1.165, 1.54) is 23.1 Å². The lowest BCUT2D eigenvalue weighted by atomic mass is 10.2. The Hall–Kier alpha value is -3.80. The highest BCUT2D eigenvalue weighted by molar-refractivity contribution is 7.99. The van der Waals surface area contributed by atoms with Crippen LogP contribution in [0.15, 0.2) is 98.2 Å². The highest BCUT2D eigenvalue weighted by atomic mass is 32.2. The maximum Gasteiger partial charge on any atom is 0.342 e. The first-order chi connectivity index (χ1) is 17.3. The largest absolute Gasteiger partial charge is 0.507 e. The first-order valence-corrected chi connectivity index (χ1v) is 13.8. The van der Waals surface area contributed by atoms with Gasteiger partial charge in [0.25, 0.3) is 15.9 Å². The highest BCUT2D eigenvalue weighted by Gasteiger charge is 2.29. The minimum absolute atomic E-state index is 0.0652. The van der Waals surface area contributed by atoms with Crippen LogP contribution in [0.1, 0.15) is 10.4 Å². The van der Waals surface area contributed by atoms with Crippen LogP contribution in [-0.2, 0) is 19.6 Å². The van der Waals surface area contributed by atoms with Gasteiger partial charge in [0.15, 0.2) is 6.61 Å². The molecule has 5 rings (SSSR count). The van der Waals surface area contributed by atoms with Gasteiger partial charge in [-0.15, -0.1) is 11.3 Å². The molecule has 0 aliphatic carbocycles. The van der Waals surface area contributed by atoms with Gasteiger partial charge in [0.2, 0.25) is 0 Å². The molecule has 0 saturated heterocycles. The predicted molar refractivity (Wildman–Crippen MR) is 138 cm³/mol. The van der Waals surface area contributed by atoms with Crippen molar-refractivity contribution in [3.05, 3.63) is 89.8 Å². The van der Waals surface area contributed by atoms with E-state index in [4.69, 9.17) is 4.74 Å². The Bertz CT molecular complexity index is 1520. The monoisotopic (exact) mass is 538 g/mol. The maximum atomic E-state index is 13.2. The quantitative estimate of drug-likeness (QED) is 0.255. The summed E-state index contributed by atoms with van der Waals surface area (Å²) < 4.78 is 32.7. The molecule has 1 aliphatic rings. The molecule has 36 heavy (non-hydrogen) atoms. The van der Waals surface area contributed by atoms with Crippen molar-refractivity contribution >= 4 is 62.1 Å². The fourth-order valence-corrected chi connectivity index (χ4v) is 6.73. The molecular weight excluding hydrogens is 520 g/mol. The minimum Gasteiger partial charge on any atom is -0.507 e. The van der Waals surface area contributed by atoms with Gasteiger partial charge in [0.05, 0.1) is 11.4 Å². The number of amides is 1. The van der Waals surface area contributed by atoms with Gasteiger partial charge in [-0.05, 0) is 53.9 Å². The molecule has 0 bridgehead atoms. The summed E-state index contributed by atoms with van der Waals surface area (Å²) in [6.07, 6.45) is 0. The topological polar surface area (TPSA) is 113 Å². The lowest BCUT2D eigenvalue weighted by Gasteiger charge is -2.30. The fourth-order valence-electron chi connectivity index (χ4n) is 3.63. The summed E-state index contributed by atoms with van der Waals surface area (Å²) in [4.78, 5) is 29.3. The fraction of sp³-hybridized carbons (Fsp3) is 0.0400. The van der Waals surface area contributed by atoms with E-state index in [2.05, 4.69) is 4.72 Å². The number of hydrogen-bond donors (Lipinski definition) is 2. The van der Waals surface area contributed by atoms with Gasteiger partial charge in [0, 0.05) is 15.5 Å². The number of sulfonamides is 1. The molecule has 2 heterocycles. The molecule has 0 saturated carbocycles. The summed E-state index contributed by atoms with van der Waals surface area (Å²) in [7, 11) is -3.85. The number of nitrogens with zero attached hydrogens (tertiary/aromatic N) is 1. The molecule has 11 heteroatoms. The molecule has 0 atom stereocenters. The number of rotatable bonds is 6. The molecule has 182 valence electrons. The molecule has 0 fully saturated rings. The standard InChI is InChI=1S/C25H18N2O6S3/c28-20-12-11-16(26-36(31,32)24-10-5-13-34-24)14-17(20)25(30)33-15-23(29)27-18-6-1-3-8-21(18)35-22-9-4-2-7-19(22)27/h1-14,26,28H,15H2. The highest BCUT2D eigenvalue weighted by Crippen LogP contribution is 2.47. The second-order valence-electron chi connectivity index (χ2n) is 7.61. The zero-order valence-electron chi connectivity index (χ0n) is 18.5. The van der Waals surface area contributed by atoms with E-state index in [9.17, 15) is 23.1 Å². The van der Waals surface area contributed by atoms with E-state index in [1.54, 1.807) is 23.2 Å². The van der Waals surface area contributed by atoms with Crippen molar-refractivity contribution in [2.75, 3.05) is 16.2 Å². The Morgan fingerprint density at radius 3 is 2.22 bits per heavy atom. The van der Waals surface area contributed by atoms with Crippen LogP contribution in [-0.4, -0.2) is 32.0 Å². The van der Waals surface area contributed by atoms with Crippen molar-refractivity contribution in [1.29, 1.82) is 0 Å². The second-order valence-corrected chi connectivity index (χ2v) is 11.6. The van der Waals surface area contributed by atoms with E-state index in [0.29, 0.717) is 11.4 Å². The second kappa shape index (κ2) is 9.69. The van der Waals surface area contributed by atoms with E-state index >= 15 is 0 Å². The first kappa shape index (κ1) is 23.9. The summed E-state index contributed by atoms with van der Waals surface area (Å²) >= 11 is 2.58. The third-order valence-electron chi connectivity index (χ3n) is 5.24. The zero-order chi connectivity index (χ0) is 25.3. The van der Waals surface area contributed by atoms with Gasteiger partial charge < -0.3 is 9.84 Å². The number of para-hydroxylation sites is 2. The van der Waals surface area contributed by atoms with Crippen LogP contribution < -0.4 is 9.62 Å². The van der Waals surface area contributed by atoms with Crippen molar-refractivity contribution < 1.29 is 27.9 Å². The number of fused-ring (bicyclic) bond motifs is 2. The third-order valence-corrected chi connectivity index (χ3v) is 9.15. The number of aromatic hydroxyl groups is 1. The Balaban J connectivity index is 1.34. The van der Waals surface area contributed by atoms with Crippen LogP contribution in [0.3, 0.4) is 0 Å². The van der Waals surface area contributed by atoms with Crippen LogP contribution >= 0.6 is 23.1 Å². The summed E-state index contributed by atoms with van der Waals surface area (Å²) in [5.41, 5.74) is 1.14. The first-order valence-electron chi connectivity index (χ1n) is 10.6. The number of benzene rings is 3. The molecule has 3 aromatic carbocycles. The molecule has 0 spiro atoms. The van der Waals surface area contributed by atoms with Crippen LogP contribution in [0.2, 0.25) is 0 Å². The van der Waals surface area contributed by atoms with Crippen molar-refractivity contribution in [1.82, 2.24) is 0 Å². The Labute approximate surface area is 215 Å². The number of phenolic OH excluding ortho intramolecular Hbond substituents is 1. The lowest BCUT2D eigenvalue weighted by Crippen LogP contribution is -2.32.